The molecule has 0 bridgehead atoms. The molecule has 1 heterocycles. The second kappa shape index (κ2) is 9.09. The monoisotopic (exact) mass is 384 g/mol. The van der Waals surface area contributed by atoms with Crippen molar-refractivity contribution in [1.82, 2.24) is 15.3 Å². The van der Waals surface area contributed by atoms with E-state index in [9.17, 15) is 9.18 Å². The number of benzene rings is 2. The molecule has 138 valence electrons. The number of nitrogens with one attached hydrogen (secondary N) is 2. The lowest BCUT2D eigenvalue weighted by Crippen LogP contribution is -2.26. The Morgan fingerprint density at radius 1 is 1.07 bits per heavy atom. The Kier molecular flexibility index (Phi) is 6.33. The van der Waals surface area contributed by atoms with Crippen LogP contribution < -0.4 is 10.6 Å². The number of rotatable bonds is 7. The molecule has 0 aliphatic rings. The summed E-state index contributed by atoms with van der Waals surface area (Å²) in [5.41, 5.74) is 1.80. The Hall–Kier alpha value is -2.99. The number of halogens is 2. The van der Waals surface area contributed by atoms with E-state index < -0.39 is 0 Å². The number of carbonyl (C=O) groups is 1. The minimum Gasteiger partial charge on any atom is -0.366 e. The Morgan fingerprint density at radius 3 is 2.74 bits per heavy atom. The van der Waals surface area contributed by atoms with Gasteiger partial charge in [-0.3, -0.25) is 4.79 Å². The van der Waals surface area contributed by atoms with Crippen LogP contribution in [-0.2, 0) is 13.0 Å². The maximum absolute atomic E-state index is 13.7. The summed E-state index contributed by atoms with van der Waals surface area (Å²) in [6, 6.07) is 15.5. The molecule has 0 fully saturated rings. The van der Waals surface area contributed by atoms with Crippen LogP contribution >= 0.6 is 11.6 Å². The molecular weight excluding hydrogens is 367 g/mol. The molecule has 7 heteroatoms. The van der Waals surface area contributed by atoms with E-state index in [-0.39, 0.29) is 24.0 Å². The second-order valence-corrected chi connectivity index (χ2v) is 6.31. The number of aromatic nitrogens is 2. The fraction of sp³-hybridized carbons (Fsp3) is 0.150. The first-order valence-electron chi connectivity index (χ1n) is 8.44. The minimum absolute atomic E-state index is 0.243. The van der Waals surface area contributed by atoms with Crippen LogP contribution in [0.4, 0.5) is 10.2 Å². The molecule has 0 aliphatic heterocycles. The fourth-order valence-electron chi connectivity index (χ4n) is 2.51. The molecule has 27 heavy (non-hydrogen) atoms. The molecule has 0 atom stereocenters. The number of amides is 1. The number of hydrogen-bond acceptors (Lipinski definition) is 4. The van der Waals surface area contributed by atoms with E-state index in [0.29, 0.717) is 29.4 Å². The highest BCUT2D eigenvalue weighted by Crippen LogP contribution is 2.12. The standard InChI is InChI=1S/C20H18ClFN4O/c21-16-6-3-4-14(10-16)8-9-23-20(27)18-11-19(26-13-25-18)24-12-15-5-1-2-7-17(15)22/h1-7,10-11,13H,8-9,12H2,(H,23,27)(H,24,25,26). The summed E-state index contributed by atoms with van der Waals surface area (Å²) in [5.74, 6) is -0.139. The van der Waals surface area contributed by atoms with Gasteiger partial charge < -0.3 is 10.6 Å². The highest BCUT2D eigenvalue weighted by molar-refractivity contribution is 6.30. The molecule has 0 aliphatic carbocycles. The van der Waals surface area contributed by atoms with Crippen LogP contribution in [0.25, 0.3) is 0 Å². The molecule has 0 saturated heterocycles. The van der Waals surface area contributed by atoms with E-state index in [1.54, 1.807) is 24.3 Å². The summed E-state index contributed by atoms with van der Waals surface area (Å²) < 4.78 is 13.7. The Balaban J connectivity index is 1.54. The van der Waals surface area contributed by atoms with Crippen LogP contribution in [0.1, 0.15) is 21.6 Å². The number of hydrogen-bond donors (Lipinski definition) is 2. The minimum atomic E-state index is -0.298. The van der Waals surface area contributed by atoms with E-state index >= 15 is 0 Å². The van der Waals surface area contributed by atoms with Crippen LogP contribution in [0.5, 0.6) is 0 Å². The molecule has 2 N–H and O–H groups in total. The van der Waals surface area contributed by atoms with Gasteiger partial charge in [0.2, 0.25) is 0 Å². The lowest BCUT2D eigenvalue weighted by Gasteiger charge is -2.08. The fourth-order valence-corrected chi connectivity index (χ4v) is 2.72. The Morgan fingerprint density at radius 2 is 1.93 bits per heavy atom. The molecule has 3 rings (SSSR count). The average Bonchev–Trinajstić information content (AvgIpc) is 2.67. The third-order valence-corrected chi connectivity index (χ3v) is 4.14. The van der Waals surface area contributed by atoms with Crippen LogP contribution in [0.2, 0.25) is 5.02 Å². The zero-order valence-electron chi connectivity index (χ0n) is 14.5. The van der Waals surface area contributed by atoms with Crippen molar-refractivity contribution in [2.75, 3.05) is 11.9 Å². The number of carbonyl (C=O) groups excluding carboxylic acids is 1. The first kappa shape index (κ1) is 18.8. The van der Waals surface area contributed by atoms with Crippen molar-refractivity contribution < 1.29 is 9.18 Å². The van der Waals surface area contributed by atoms with Crippen molar-refractivity contribution in [3.8, 4) is 0 Å². The van der Waals surface area contributed by atoms with Crippen LogP contribution in [0.15, 0.2) is 60.9 Å². The summed E-state index contributed by atoms with van der Waals surface area (Å²) in [7, 11) is 0. The van der Waals surface area contributed by atoms with Gasteiger partial charge >= 0.3 is 0 Å². The molecule has 1 aromatic heterocycles. The molecule has 0 unspecified atom stereocenters. The van der Waals surface area contributed by atoms with Crippen molar-refractivity contribution in [1.29, 1.82) is 0 Å². The summed E-state index contributed by atoms with van der Waals surface area (Å²) in [4.78, 5) is 20.3. The Bertz CT molecular complexity index is 935. The highest BCUT2D eigenvalue weighted by atomic mass is 35.5. The van der Waals surface area contributed by atoms with Gasteiger partial charge in [-0.2, -0.15) is 0 Å². The highest BCUT2D eigenvalue weighted by Gasteiger charge is 2.09. The molecule has 0 saturated carbocycles. The van der Waals surface area contributed by atoms with Crippen LogP contribution in [0, 0.1) is 5.82 Å². The first-order valence-corrected chi connectivity index (χ1v) is 8.81. The molecule has 5 nitrogen and oxygen atoms in total. The SMILES string of the molecule is O=C(NCCc1cccc(Cl)c1)c1cc(NCc2ccccc2F)ncn1. The third-order valence-electron chi connectivity index (χ3n) is 3.91. The van der Waals surface area contributed by atoms with Gasteiger partial charge in [0.1, 0.15) is 23.7 Å². The molecule has 0 spiro atoms. The van der Waals surface area contributed by atoms with Crippen molar-refractivity contribution in [2.24, 2.45) is 0 Å². The van der Waals surface area contributed by atoms with Gasteiger partial charge in [-0.05, 0) is 30.2 Å². The maximum atomic E-state index is 13.7. The van der Waals surface area contributed by atoms with Gasteiger partial charge in [0.05, 0.1) is 0 Å². The summed E-state index contributed by atoms with van der Waals surface area (Å²) in [6.45, 7) is 0.723. The van der Waals surface area contributed by atoms with E-state index in [1.807, 2.05) is 18.2 Å². The molecule has 1 amide bonds. The zero-order chi connectivity index (χ0) is 19.1. The van der Waals surface area contributed by atoms with Gasteiger partial charge in [-0.1, -0.05) is 41.9 Å². The summed E-state index contributed by atoms with van der Waals surface area (Å²) in [6.07, 6.45) is 1.96. The van der Waals surface area contributed by atoms with Gasteiger partial charge in [0.25, 0.3) is 5.91 Å². The average molecular weight is 385 g/mol. The van der Waals surface area contributed by atoms with Crippen LogP contribution in [-0.4, -0.2) is 22.4 Å². The molecular formula is C20H18ClFN4O. The largest absolute Gasteiger partial charge is 0.366 e. The van der Waals surface area contributed by atoms with Gasteiger partial charge in [0.15, 0.2) is 0 Å². The normalized spacial score (nSPS) is 10.4. The second-order valence-electron chi connectivity index (χ2n) is 5.87. The Labute approximate surface area is 161 Å². The van der Waals surface area contributed by atoms with Crippen LogP contribution in [0.3, 0.4) is 0 Å². The van der Waals surface area contributed by atoms with Gasteiger partial charge in [-0.25, -0.2) is 14.4 Å². The molecule has 3 aromatic rings. The van der Waals surface area contributed by atoms with E-state index in [0.717, 1.165) is 5.56 Å². The predicted octanol–water partition coefficient (Wildman–Crippen LogP) is 3.85. The lowest BCUT2D eigenvalue weighted by molar-refractivity contribution is 0.0949. The molecule has 2 aromatic carbocycles. The van der Waals surface area contributed by atoms with E-state index in [4.69, 9.17) is 11.6 Å². The van der Waals surface area contributed by atoms with Gasteiger partial charge in [0, 0.05) is 29.7 Å². The predicted molar refractivity (Wildman–Crippen MR) is 103 cm³/mol. The maximum Gasteiger partial charge on any atom is 0.270 e. The van der Waals surface area contributed by atoms with E-state index in [2.05, 4.69) is 20.6 Å². The van der Waals surface area contributed by atoms with E-state index in [1.165, 1.54) is 18.5 Å². The summed E-state index contributed by atoms with van der Waals surface area (Å²) in [5, 5.41) is 6.48. The number of nitrogens with zero attached hydrogens (tertiary/aromatic N) is 2. The lowest BCUT2D eigenvalue weighted by atomic mass is 10.1. The first-order chi connectivity index (χ1) is 13.1. The third kappa shape index (κ3) is 5.49. The van der Waals surface area contributed by atoms with Crippen molar-refractivity contribution in [3.63, 3.8) is 0 Å². The quantitative estimate of drug-likeness (QED) is 0.649. The number of anilines is 1. The van der Waals surface area contributed by atoms with Crippen molar-refractivity contribution >= 4 is 23.3 Å². The van der Waals surface area contributed by atoms with Crippen molar-refractivity contribution in [3.05, 3.63) is 88.6 Å². The summed E-state index contributed by atoms with van der Waals surface area (Å²) >= 11 is 5.95. The van der Waals surface area contributed by atoms with Gasteiger partial charge in [-0.15, -0.1) is 0 Å². The molecule has 0 radical (unpaired) electrons. The zero-order valence-corrected chi connectivity index (χ0v) is 15.2. The topological polar surface area (TPSA) is 66.9 Å². The smallest absolute Gasteiger partial charge is 0.270 e. The van der Waals surface area contributed by atoms with Crippen molar-refractivity contribution in [2.45, 2.75) is 13.0 Å².